The van der Waals surface area contributed by atoms with E-state index < -0.39 is 22.3 Å². The fourth-order valence-corrected chi connectivity index (χ4v) is 3.80. The Balaban J connectivity index is 1.66. The zero-order valence-corrected chi connectivity index (χ0v) is 14.1. The van der Waals surface area contributed by atoms with Gasteiger partial charge in [-0.3, -0.25) is 25.2 Å². The van der Waals surface area contributed by atoms with Gasteiger partial charge in [0.2, 0.25) is 5.91 Å². The van der Waals surface area contributed by atoms with Gasteiger partial charge in [-0.2, -0.15) is 0 Å². The summed E-state index contributed by atoms with van der Waals surface area (Å²) in [5, 5.41) is 0. The van der Waals surface area contributed by atoms with Gasteiger partial charge >= 0.3 is 5.97 Å². The molecule has 1 aliphatic heterocycles. The van der Waals surface area contributed by atoms with Gasteiger partial charge in [-0.25, -0.2) is 0 Å². The second-order valence-corrected chi connectivity index (χ2v) is 7.34. The molecule has 2 atom stereocenters. The van der Waals surface area contributed by atoms with Crippen molar-refractivity contribution in [3.63, 3.8) is 0 Å². The molecule has 2 aliphatic rings. The van der Waals surface area contributed by atoms with Crippen LogP contribution in [0.2, 0.25) is 0 Å². The fourth-order valence-electron chi connectivity index (χ4n) is 3.80. The van der Waals surface area contributed by atoms with Gasteiger partial charge in [0.05, 0.1) is 11.8 Å². The molecule has 1 aromatic carbocycles. The summed E-state index contributed by atoms with van der Waals surface area (Å²) >= 11 is 0. The minimum absolute atomic E-state index is 0.162. The third-order valence-electron chi connectivity index (χ3n) is 5.97. The molecule has 1 saturated carbocycles. The average Bonchev–Trinajstić information content (AvgIpc) is 2.84. The van der Waals surface area contributed by atoms with Crippen molar-refractivity contribution in [2.24, 2.45) is 10.8 Å². The van der Waals surface area contributed by atoms with Crippen molar-refractivity contribution < 1.29 is 19.1 Å². The fraction of sp³-hybridized carbons (Fsp3) is 0.500. The maximum Gasteiger partial charge on any atom is 0.313 e. The lowest BCUT2D eigenvalue weighted by atomic mass is 9.66. The molecule has 3 rings (SSSR count). The Hall–Kier alpha value is -2.37. The lowest BCUT2D eigenvalue weighted by Gasteiger charge is -2.35. The number of amides is 2. The topological polar surface area (TPSA) is 84.5 Å². The Morgan fingerprint density at radius 1 is 1.08 bits per heavy atom. The normalized spacial score (nSPS) is 29.9. The summed E-state index contributed by atoms with van der Waals surface area (Å²) in [5.74, 6) is -1.14. The van der Waals surface area contributed by atoms with Crippen molar-refractivity contribution in [2.75, 3.05) is 0 Å². The molecule has 1 aliphatic carbocycles. The number of nitrogens with one attached hydrogen (secondary N) is 2. The number of esters is 1. The van der Waals surface area contributed by atoms with Gasteiger partial charge < -0.3 is 4.74 Å². The van der Waals surface area contributed by atoms with E-state index in [1.807, 2.05) is 51.1 Å². The van der Waals surface area contributed by atoms with Crippen LogP contribution in [-0.2, 0) is 25.5 Å². The minimum atomic E-state index is -1.22. The molecular formula is C18H22N2O4. The first-order valence-electron chi connectivity index (χ1n) is 8.10. The van der Waals surface area contributed by atoms with E-state index in [-0.39, 0.29) is 18.3 Å². The van der Waals surface area contributed by atoms with Crippen molar-refractivity contribution in [1.82, 2.24) is 10.9 Å². The van der Waals surface area contributed by atoms with Gasteiger partial charge in [0, 0.05) is 5.41 Å². The number of hydrogen-bond acceptors (Lipinski definition) is 4. The van der Waals surface area contributed by atoms with Gasteiger partial charge in [-0.15, -0.1) is 0 Å². The lowest BCUT2D eigenvalue weighted by Crippen LogP contribution is -2.57. The van der Waals surface area contributed by atoms with Crippen LogP contribution < -0.4 is 10.9 Å². The smallest absolute Gasteiger partial charge is 0.313 e. The summed E-state index contributed by atoms with van der Waals surface area (Å²) in [4.78, 5) is 36.8. The molecular weight excluding hydrogens is 308 g/mol. The van der Waals surface area contributed by atoms with Crippen molar-refractivity contribution >= 4 is 17.8 Å². The second kappa shape index (κ2) is 5.33. The molecule has 6 heteroatoms. The molecule has 2 fully saturated rings. The van der Waals surface area contributed by atoms with Crippen LogP contribution in [0.15, 0.2) is 30.3 Å². The number of rotatable bonds is 3. The number of carbonyl (C=O) groups excluding carboxylic acids is 3. The first-order chi connectivity index (χ1) is 11.2. The van der Waals surface area contributed by atoms with E-state index in [0.717, 1.165) is 5.56 Å². The van der Waals surface area contributed by atoms with Crippen LogP contribution in [0.1, 0.15) is 39.2 Å². The molecule has 0 radical (unpaired) electrons. The van der Waals surface area contributed by atoms with E-state index in [9.17, 15) is 14.4 Å². The largest absolute Gasteiger partial charge is 0.448 e. The second-order valence-electron chi connectivity index (χ2n) is 7.34. The number of hydrogen-bond donors (Lipinski definition) is 2. The monoisotopic (exact) mass is 330 g/mol. The summed E-state index contributed by atoms with van der Waals surface area (Å²) in [5.41, 5.74) is 3.19. The Kier molecular flexibility index (Phi) is 3.66. The average molecular weight is 330 g/mol. The van der Waals surface area contributed by atoms with Crippen LogP contribution in [0.3, 0.4) is 0 Å². The lowest BCUT2D eigenvalue weighted by molar-refractivity contribution is -0.168. The van der Waals surface area contributed by atoms with E-state index >= 15 is 0 Å². The molecule has 1 saturated heterocycles. The molecule has 0 spiro atoms. The van der Waals surface area contributed by atoms with E-state index in [1.165, 1.54) is 0 Å². The van der Waals surface area contributed by atoms with Crippen LogP contribution in [0.5, 0.6) is 0 Å². The number of fused-ring (bicyclic) bond motifs is 2. The number of benzene rings is 1. The van der Waals surface area contributed by atoms with E-state index in [4.69, 9.17) is 4.74 Å². The molecule has 2 unspecified atom stereocenters. The molecule has 2 bridgehead atoms. The predicted molar refractivity (Wildman–Crippen MR) is 86.4 cm³/mol. The highest BCUT2D eigenvalue weighted by molar-refractivity contribution is 5.97. The first-order valence-corrected chi connectivity index (χ1v) is 8.10. The van der Waals surface area contributed by atoms with Crippen LogP contribution >= 0.6 is 0 Å². The third kappa shape index (κ3) is 2.12. The Morgan fingerprint density at radius 3 is 2.29 bits per heavy atom. The zero-order chi connectivity index (χ0) is 17.6. The Bertz CT molecular complexity index is 700. The maximum atomic E-state index is 12.7. The Labute approximate surface area is 140 Å². The van der Waals surface area contributed by atoms with Crippen molar-refractivity contribution in [3.8, 4) is 0 Å². The standard InChI is InChI=1S/C18H22N2O4/c1-16(2)17(3)9-10-18(16,24-15(17)23)14(22)20-19-13(21)11-12-7-5-4-6-8-12/h4-8H,9-11H2,1-3H3,(H,19,21)(H,20,22). The number of hydrazine groups is 1. The highest BCUT2D eigenvalue weighted by Gasteiger charge is 2.75. The van der Waals surface area contributed by atoms with Gasteiger partial charge in [-0.05, 0) is 25.3 Å². The van der Waals surface area contributed by atoms with Crippen molar-refractivity contribution in [3.05, 3.63) is 35.9 Å². The van der Waals surface area contributed by atoms with Crippen molar-refractivity contribution in [1.29, 1.82) is 0 Å². The zero-order valence-electron chi connectivity index (χ0n) is 14.1. The van der Waals surface area contributed by atoms with Gasteiger partial charge in [0.1, 0.15) is 0 Å². The summed E-state index contributed by atoms with van der Waals surface area (Å²) in [7, 11) is 0. The van der Waals surface area contributed by atoms with Crippen LogP contribution in [-0.4, -0.2) is 23.4 Å². The maximum absolute atomic E-state index is 12.7. The minimum Gasteiger partial charge on any atom is -0.448 e. The molecule has 2 N–H and O–H groups in total. The van der Waals surface area contributed by atoms with E-state index in [0.29, 0.717) is 12.8 Å². The highest BCUT2D eigenvalue weighted by atomic mass is 16.6. The Morgan fingerprint density at radius 2 is 1.75 bits per heavy atom. The van der Waals surface area contributed by atoms with E-state index in [1.54, 1.807) is 0 Å². The summed E-state index contributed by atoms with van der Waals surface area (Å²) in [6.45, 7) is 5.58. The SMILES string of the molecule is CC12CCC(C(=O)NNC(=O)Cc3ccccc3)(OC1=O)C2(C)C. The highest BCUT2D eigenvalue weighted by Crippen LogP contribution is 2.65. The van der Waals surface area contributed by atoms with Crippen LogP contribution in [0.25, 0.3) is 0 Å². The molecule has 6 nitrogen and oxygen atoms in total. The molecule has 2 amide bonds. The van der Waals surface area contributed by atoms with Crippen LogP contribution in [0, 0.1) is 10.8 Å². The van der Waals surface area contributed by atoms with Gasteiger partial charge in [0.25, 0.3) is 5.91 Å². The van der Waals surface area contributed by atoms with Gasteiger partial charge in [0.15, 0.2) is 5.60 Å². The van der Waals surface area contributed by atoms with E-state index in [2.05, 4.69) is 10.9 Å². The first kappa shape index (κ1) is 16.5. The van der Waals surface area contributed by atoms with Crippen LogP contribution in [0.4, 0.5) is 0 Å². The molecule has 1 aromatic rings. The summed E-state index contributed by atoms with van der Waals surface area (Å²) in [6.07, 6.45) is 1.22. The number of ether oxygens (including phenoxy) is 1. The summed E-state index contributed by atoms with van der Waals surface area (Å²) < 4.78 is 5.48. The predicted octanol–water partition coefficient (Wildman–Crippen LogP) is 1.50. The molecule has 0 aromatic heterocycles. The molecule has 1 heterocycles. The molecule has 24 heavy (non-hydrogen) atoms. The van der Waals surface area contributed by atoms with Crippen molar-refractivity contribution in [2.45, 2.75) is 45.6 Å². The molecule has 128 valence electrons. The third-order valence-corrected chi connectivity index (χ3v) is 5.97. The quantitative estimate of drug-likeness (QED) is 0.650. The van der Waals surface area contributed by atoms with Gasteiger partial charge in [-0.1, -0.05) is 44.2 Å². The number of carbonyl (C=O) groups is 3. The summed E-state index contributed by atoms with van der Waals surface area (Å²) in [6, 6.07) is 9.24.